The van der Waals surface area contributed by atoms with E-state index in [1.165, 1.54) is 26.0 Å². The molecular weight excluding hydrogens is 264 g/mol. The van der Waals surface area contributed by atoms with Gasteiger partial charge in [-0.2, -0.15) is 0 Å². The molecule has 0 bridgehead atoms. The third kappa shape index (κ3) is 1.76. The molecule has 20 heavy (non-hydrogen) atoms. The first-order valence-electron chi connectivity index (χ1n) is 6.16. The number of hydrogen-bond acceptors (Lipinski definition) is 6. The summed E-state index contributed by atoms with van der Waals surface area (Å²) in [6, 6.07) is 4.29. The Hall–Kier alpha value is -2.05. The maximum Gasteiger partial charge on any atom is 0.336 e. The van der Waals surface area contributed by atoms with Crippen molar-refractivity contribution < 1.29 is 24.5 Å². The Labute approximate surface area is 113 Å². The summed E-state index contributed by atoms with van der Waals surface area (Å²) < 4.78 is 10.4. The molecule has 0 amide bonds. The fraction of sp³-hybridized carbons (Fsp3) is 0.357. The molecular formula is C14H14O6. The second kappa shape index (κ2) is 3.97. The Balaban J connectivity index is 2.24. The smallest absolute Gasteiger partial charge is 0.336 e. The van der Waals surface area contributed by atoms with Crippen LogP contribution < -0.4 is 10.4 Å². The Kier molecular flexibility index (Phi) is 2.57. The molecule has 3 rings (SSSR count). The van der Waals surface area contributed by atoms with Gasteiger partial charge in [0.15, 0.2) is 17.4 Å². The van der Waals surface area contributed by atoms with Crippen molar-refractivity contribution in [2.24, 2.45) is 0 Å². The van der Waals surface area contributed by atoms with Crippen LogP contribution in [0.1, 0.15) is 25.5 Å². The van der Waals surface area contributed by atoms with Gasteiger partial charge in [0.25, 0.3) is 0 Å². The molecule has 0 spiro atoms. The molecule has 2 unspecified atom stereocenters. The minimum Gasteiger partial charge on any atom is -0.502 e. The van der Waals surface area contributed by atoms with E-state index in [1.807, 2.05) is 0 Å². The molecule has 6 heteroatoms. The number of hydrogen-bond donors (Lipinski definition) is 3. The SMILES string of the molecule is CC(C)(O)C1Oc2c(cc3ccc(=O)oc3c2O)C1O. The topological polar surface area (TPSA) is 100 Å². The Morgan fingerprint density at radius 1 is 1.30 bits per heavy atom. The first-order chi connectivity index (χ1) is 9.29. The third-order valence-electron chi connectivity index (χ3n) is 3.41. The molecule has 0 saturated carbocycles. The van der Waals surface area contributed by atoms with Crippen molar-refractivity contribution in [2.75, 3.05) is 0 Å². The molecule has 2 atom stereocenters. The van der Waals surface area contributed by atoms with Crippen LogP contribution in [0.25, 0.3) is 11.0 Å². The fourth-order valence-electron chi connectivity index (χ4n) is 2.43. The van der Waals surface area contributed by atoms with E-state index in [0.29, 0.717) is 10.9 Å². The van der Waals surface area contributed by atoms with E-state index in [9.17, 15) is 20.1 Å². The van der Waals surface area contributed by atoms with E-state index in [-0.39, 0.29) is 17.1 Å². The zero-order chi connectivity index (χ0) is 14.7. The standard InChI is InChI=1S/C14H14O6/c1-14(2,18)13-9(16)7-5-6-3-4-8(15)19-11(6)10(17)12(7)20-13/h3-5,9,13,16-18H,1-2H3. The van der Waals surface area contributed by atoms with E-state index in [0.717, 1.165) is 0 Å². The quantitative estimate of drug-likeness (QED) is 0.674. The zero-order valence-corrected chi connectivity index (χ0v) is 11.0. The summed E-state index contributed by atoms with van der Waals surface area (Å²) in [6.07, 6.45) is -1.99. The van der Waals surface area contributed by atoms with Gasteiger partial charge in [0, 0.05) is 17.0 Å². The van der Waals surface area contributed by atoms with Crippen molar-refractivity contribution in [1.29, 1.82) is 0 Å². The van der Waals surface area contributed by atoms with Crippen molar-refractivity contribution >= 4 is 11.0 Å². The largest absolute Gasteiger partial charge is 0.502 e. The molecule has 1 aliphatic heterocycles. The van der Waals surface area contributed by atoms with Gasteiger partial charge < -0.3 is 24.5 Å². The summed E-state index contributed by atoms with van der Waals surface area (Å²) in [5, 5.41) is 30.8. The minimum absolute atomic E-state index is 0.000143. The molecule has 0 aliphatic carbocycles. The molecule has 2 heterocycles. The van der Waals surface area contributed by atoms with Gasteiger partial charge in [-0.15, -0.1) is 0 Å². The highest BCUT2D eigenvalue weighted by atomic mass is 16.5. The van der Waals surface area contributed by atoms with E-state index in [1.54, 1.807) is 6.07 Å². The van der Waals surface area contributed by atoms with Crippen LogP contribution in [0.5, 0.6) is 11.5 Å². The number of fused-ring (bicyclic) bond motifs is 2. The Bertz CT molecular complexity index is 740. The third-order valence-corrected chi connectivity index (χ3v) is 3.41. The molecule has 0 saturated heterocycles. The fourth-order valence-corrected chi connectivity index (χ4v) is 2.43. The second-order valence-corrected chi connectivity index (χ2v) is 5.45. The molecule has 1 aromatic carbocycles. The van der Waals surface area contributed by atoms with Crippen LogP contribution in [-0.2, 0) is 0 Å². The highest BCUT2D eigenvalue weighted by molar-refractivity contribution is 5.87. The van der Waals surface area contributed by atoms with Crippen molar-refractivity contribution in [1.82, 2.24) is 0 Å². The number of aliphatic hydroxyl groups is 2. The molecule has 1 aliphatic rings. The highest BCUT2D eigenvalue weighted by Crippen LogP contribution is 2.48. The number of phenols is 1. The van der Waals surface area contributed by atoms with Gasteiger partial charge in [0.1, 0.15) is 6.10 Å². The number of ether oxygens (including phenoxy) is 1. The van der Waals surface area contributed by atoms with Gasteiger partial charge in [-0.1, -0.05) is 0 Å². The number of rotatable bonds is 1. The van der Waals surface area contributed by atoms with Gasteiger partial charge >= 0.3 is 5.63 Å². The van der Waals surface area contributed by atoms with Crippen LogP contribution in [0, 0.1) is 0 Å². The lowest BCUT2D eigenvalue weighted by atomic mass is 9.94. The van der Waals surface area contributed by atoms with Gasteiger partial charge in [-0.05, 0) is 26.0 Å². The summed E-state index contributed by atoms with van der Waals surface area (Å²) in [5.74, 6) is -0.313. The maximum atomic E-state index is 11.2. The molecule has 1 aromatic heterocycles. The first-order valence-corrected chi connectivity index (χ1v) is 6.16. The van der Waals surface area contributed by atoms with Crippen molar-refractivity contribution in [2.45, 2.75) is 31.7 Å². The number of aromatic hydroxyl groups is 1. The molecule has 6 nitrogen and oxygen atoms in total. The summed E-state index contributed by atoms with van der Waals surface area (Å²) in [4.78, 5) is 11.2. The van der Waals surface area contributed by atoms with Crippen LogP contribution in [0.4, 0.5) is 0 Å². The normalized spacial score (nSPS) is 21.8. The van der Waals surface area contributed by atoms with Crippen molar-refractivity contribution in [3.63, 3.8) is 0 Å². The lowest BCUT2D eigenvalue weighted by Crippen LogP contribution is -2.41. The summed E-state index contributed by atoms with van der Waals surface area (Å²) in [5.41, 5.74) is -1.53. The maximum absolute atomic E-state index is 11.2. The average Bonchev–Trinajstić information content (AvgIpc) is 2.69. The van der Waals surface area contributed by atoms with Gasteiger partial charge in [0.05, 0.1) is 5.60 Å². The van der Waals surface area contributed by atoms with Crippen molar-refractivity contribution in [3.8, 4) is 11.5 Å². The van der Waals surface area contributed by atoms with Crippen LogP contribution in [-0.4, -0.2) is 27.0 Å². The number of phenolic OH excluding ortho intramolecular Hbond substituents is 1. The first kappa shape index (κ1) is 13.0. The number of benzene rings is 1. The number of aliphatic hydroxyl groups excluding tert-OH is 1. The molecule has 106 valence electrons. The monoisotopic (exact) mass is 278 g/mol. The predicted molar refractivity (Wildman–Crippen MR) is 69.8 cm³/mol. The lowest BCUT2D eigenvalue weighted by Gasteiger charge is -2.27. The zero-order valence-electron chi connectivity index (χ0n) is 11.0. The molecule has 3 N–H and O–H groups in total. The molecule has 0 radical (unpaired) electrons. The van der Waals surface area contributed by atoms with Gasteiger partial charge in [-0.25, -0.2) is 4.79 Å². The van der Waals surface area contributed by atoms with E-state index in [2.05, 4.69) is 0 Å². The average molecular weight is 278 g/mol. The van der Waals surface area contributed by atoms with Crippen LogP contribution >= 0.6 is 0 Å². The summed E-state index contributed by atoms with van der Waals surface area (Å²) >= 11 is 0. The van der Waals surface area contributed by atoms with E-state index < -0.39 is 23.4 Å². The molecule has 2 aromatic rings. The highest BCUT2D eigenvalue weighted by Gasteiger charge is 2.44. The van der Waals surface area contributed by atoms with Gasteiger partial charge in [0.2, 0.25) is 5.75 Å². The summed E-state index contributed by atoms with van der Waals surface area (Å²) in [7, 11) is 0. The van der Waals surface area contributed by atoms with E-state index >= 15 is 0 Å². The lowest BCUT2D eigenvalue weighted by molar-refractivity contribution is -0.0766. The van der Waals surface area contributed by atoms with Crippen LogP contribution in [0.3, 0.4) is 0 Å². The Morgan fingerprint density at radius 3 is 2.65 bits per heavy atom. The van der Waals surface area contributed by atoms with Crippen LogP contribution in [0.15, 0.2) is 27.4 Å². The Morgan fingerprint density at radius 2 is 2.00 bits per heavy atom. The van der Waals surface area contributed by atoms with Crippen molar-refractivity contribution in [3.05, 3.63) is 34.2 Å². The minimum atomic E-state index is -1.29. The van der Waals surface area contributed by atoms with E-state index in [4.69, 9.17) is 9.15 Å². The predicted octanol–water partition coefficient (Wildman–Crippen LogP) is 1.06. The van der Waals surface area contributed by atoms with Crippen LogP contribution in [0.2, 0.25) is 0 Å². The van der Waals surface area contributed by atoms with Gasteiger partial charge in [-0.3, -0.25) is 0 Å². The summed E-state index contributed by atoms with van der Waals surface area (Å²) in [6.45, 7) is 3.01. The molecule has 0 fully saturated rings. The second-order valence-electron chi connectivity index (χ2n) is 5.45.